The maximum absolute atomic E-state index is 12.2. The summed E-state index contributed by atoms with van der Waals surface area (Å²) in [5.74, 6) is -0.425. The number of non-ortho nitro benzene ring substituents is 1. The normalized spacial score (nSPS) is 24.2. The van der Waals surface area contributed by atoms with Crippen LogP contribution in [0.3, 0.4) is 0 Å². The molecule has 2 atom stereocenters. The first kappa shape index (κ1) is 16.2. The lowest BCUT2D eigenvalue weighted by Gasteiger charge is -2.35. The van der Waals surface area contributed by atoms with Crippen molar-refractivity contribution in [1.82, 2.24) is 10.2 Å². The summed E-state index contributed by atoms with van der Waals surface area (Å²) in [7, 11) is 0. The molecule has 1 aromatic carbocycles. The molecule has 2 heterocycles. The van der Waals surface area contributed by atoms with Crippen LogP contribution in [0.1, 0.15) is 23.2 Å². The van der Waals surface area contributed by atoms with Gasteiger partial charge in [-0.2, -0.15) is 0 Å². The summed E-state index contributed by atoms with van der Waals surface area (Å²) in [6, 6.07) is 4.33. The van der Waals surface area contributed by atoms with Crippen molar-refractivity contribution in [2.75, 3.05) is 26.2 Å². The van der Waals surface area contributed by atoms with Crippen LogP contribution in [0, 0.1) is 10.1 Å². The number of morpholine rings is 1. The molecular weight excluding hydrogens is 322 g/mol. The molecule has 23 heavy (non-hydrogen) atoms. The number of hydrogen-bond donors (Lipinski definition) is 1. The van der Waals surface area contributed by atoms with Gasteiger partial charge in [-0.3, -0.25) is 19.8 Å². The lowest BCUT2D eigenvalue weighted by atomic mass is 10.1. The lowest BCUT2D eigenvalue weighted by Crippen LogP contribution is -2.50. The molecule has 0 spiro atoms. The third kappa shape index (κ3) is 3.63. The smallest absolute Gasteiger partial charge is 0.270 e. The molecule has 1 aromatic rings. The van der Waals surface area contributed by atoms with Gasteiger partial charge in [0, 0.05) is 31.3 Å². The first-order valence-corrected chi connectivity index (χ1v) is 8.00. The molecule has 0 saturated carbocycles. The van der Waals surface area contributed by atoms with Crippen molar-refractivity contribution in [3.05, 3.63) is 38.9 Å². The summed E-state index contributed by atoms with van der Waals surface area (Å²) in [6.07, 6.45) is 2.30. The predicted octanol–water partition coefficient (Wildman–Crippen LogP) is 1.84. The Bertz CT molecular complexity index is 625. The van der Waals surface area contributed by atoms with Crippen LogP contribution in [0.25, 0.3) is 0 Å². The van der Waals surface area contributed by atoms with Crippen molar-refractivity contribution in [2.45, 2.75) is 25.0 Å². The van der Waals surface area contributed by atoms with E-state index < -0.39 is 10.8 Å². The van der Waals surface area contributed by atoms with E-state index in [1.807, 2.05) is 0 Å². The summed E-state index contributed by atoms with van der Waals surface area (Å²) < 4.78 is 5.77. The van der Waals surface area contributed by atoms with Crippen molar-refractivity contribution in [3.8, 4) is 0 Å². The van der Waals surface area contributed by atoms with Crippen LogP contribution in [-0.4, -0.2) is 54.1 Å². The van der Waals surface area contributed by atoms with E-state index in [2.05, 4.69) is 10.2 Å². The Morgan fingerprint density at radius 2 is 2.35 bits per heavy atom. The molecule has 1 amide bonds. The van der Waals surface area contributed by atoms with Crippen molar-refractivity contribution in [1.29, 1.82) is 0 Å². The number of nitro groups is 1. The van der Waals surface area contributed by atoms with Crippen molar-refractivity contribution >= 4 is 23.2 Å². The Labute approximate surface area is 138 Å². The third-order valence-corrected chi connectivity index (χ3v) is 4.69. The highest BCUT2D eigenvalue weighted by Gasteiger charge is 2.32. The van der Waals surface area contributed by atoms with Gasteiger partial charge in [-0.05, 0) is 25.5 Å². The molecule has 2 unspecified atom stereocenters. The van der Waals surface area contributed by atoms with Crippen molar-refractivity contribution in [2.24, 2.45) is 0 Å². The van der Waals surface area contributed by atoms with Crippen LogP contribution in [0.4, 0.5) is 5.69 Å². The molecule has 7 nitrogen and oxygen atoms in total. The lowest BCUT2D eigenvalue weighted by molar-refractivity contribution is -0.384. The number of halogens is 1. The highest BCUT2D eigenvalue weighted by atomic mass is 35.5. The first-order valence-electron chi connectivity index (χ1n) is 7.62. The summed E-state index contributed by atoms with van der Waals surface area (Å²) in [4.78, 5) is 24.9. The summed E-state index contributed by atoms with van der Waals surface area (Å²) >= 11 is 5.97. The average molecular weight is 340 g/mol. The number of carbonyl (C=O) groups is 1. The molecule has 2 saturated heterocycles. The van der Waals surface area contributed by atoms with E-state index >= 15 is 0 Å². The van der Waals surface area contributed by atoms with Gasteiger partial charge in [0.05, 0.1) is 28.2 Å². The van der Waals surface area contributed by atoms with E-state index in [9.17, 15) is 14.9 Å². The number of nitro benzene ring substituents is 1. The molecule has 3 rings (SSSR count). The van der Waals surface area contributed by atoms with Crippen molar-refractivity contribution < 1.29 is 14.5 Å². The molecule has 2 aliphatic rings. The van der Waals surface area contributed by atoms with E-state index in [0.29, 0.717) is 19.2 Å². The minimum atomic E-state index is -0.551. The highest BCUT2D eigenvalue weighted by Crippen LogP contribution is 2.23. The molecule has 124 valence electrons. The van der Waals surface area contributed by atoms with Gasteiger partial charge in [-0.25, -0.2) is 0 Å². The maximum Gasteiger partial charge on any atom is 0.270 e. The zero-order valence-corrected chi connectivity index (χ0v) is 13.3. The van der Waals surface area contributed by atoms with Gasteiger partial charge in [0.2, 0.25) is 0 Å². The molecule has 2 fully saturated rings. The fourth-order valence-electron chi connectivity index (χ4n) is 3.11. The highest BCUT2D eigenvalue weighted by molar-refractivity contribution is 6.33. The van der Waals surface area contributed by atoms with Crippen LogP contribution in [0.2, 0.25) is 5.02 Å². The van der Waals surface area contributed by atoms with Gasteiger partial charge in [-0.1, -0.05) is 11.6 Å². The molecular formula is C15H18ClN3O4. The predicted molar refractivity (Wildman–Crippen MR) is 84.8 cm³/mol. The number of rotatable bonds is 4. The second-order valence-electron chi connectivity index (χ2n) is 5.88. The number of hydrogen-bond acceptors (Lipinski definition) is 5. The van der Waals surface area contributed by atoms with Crippen molar-refractivity contribution in [3.63, 3.8) is 0 Å². The van der Waals surface area contributed by atoms with Crippen LogP contribution in [0.5, 0.6) is 0 Å². The standard InChI is InChI=1S/C15H18ClN3O4/c16-14-4-3-10(19(21)22)6-13(14)15(20)17-7-12-8-18-5-1-2-11(18)9-23-12/h3-4,6,11-12H,1-2,5,7-9H2,(H,17,20). The van der Waals surface area contributed by atoms with Crippen LogP contribution < -0.4 is 5.32 Å². The van der Waals surface area contributed by atoms with Gasteiger partial charge in [-0.15, -0.1) is 0 Å². The summed E-state index contributed by atoms with van der Waals surface area (Å²) in [5, 5.41) is 13.8. The maximum atomic E-state index is 12.2. The number of fused-ring (bicyclic) bond motifs is 1. The van der Waals surface area contributed by atoms with Gasteiger partial charge in [0.1, 0.15) is 0 Å². The minimum Gasteiger partial charge on any atom is -0.373 e. The SMILES string of the molecule is O=C(NCC1CN2CCCC2CO1)c1cc([N+](=O)[O-])ccc1Cl. The van der Waals surface area contributed by atoms with Gasteiger partial charge in [0.25, 0.3) is 11.6 Å². The van der Waals surface area contributed by atoms with Gasteiger partial charge >= 0.3 is 0 Å². The monoisotopic (exact) mass is 339 g/mol. The van der Waals surface area contributed by atoms with E-state index in [0.717, 1.165) is 13.1 Å². The van der Waals surface area contributed by atoms with E-state index in [1.165, 1.54) is 31.0 Å². The quantitative estimate of drug-likeness (QED) is 0.668. The topological polar surface area (TPSA) is 84.7 Å². The van der Waals surface area contributed by atoms with Crippen LogP contribution >= 0.6 is 11.6 Å². The third-order valence-electron chi connectivity index (χ3n) is 4.36. The number of nitrogens with one attached hydrogen (secondary N) is 1. The first-order chi connectivity index (χ1) is 11.0. The molecule has 0 aromatic heterocycles. The fraction of sp³-hybridized carbons (Fsp3) is 0.533. The second-order valence-corrected chi connectivity index (χ2v) is 6.28. The zero-order chi connectivity index (χ0) is 16.4. The largest absolute Gasteiger partial charge is 0.373 e. The van der Waals surface area contributed by atoms with E-state index in [1.54, 1.807) is 0 Å². The molecule has 2 aliphatic heterocycles. The average Bonchev–Trinajstić information content (AvgIpc) is 3.00. The number of benzene rings is 1. The molecule has 0 radical (unpaired) electrons. The number of amides is 1. The van der Waals surface area contributed by atoms with Crippen LogP contribution in [-0.2, 0) is 4.74 Å². The molecule has 0 bridgehead atoms. The Balaban J connectivity index is 1.59. The van der Waals surface area contributed by atoms with E-state index in [-0.39, 0.29) is 22.4 Å². The number of ether oxygens (including phenoxy) is 1. The Morgan fingerprint density at radius 3 is 3.13 bits per heavy atom. The molecule has 8 heteroatoms. The summed E-state index contributed by atoms with van der Waals surface area (Å²) in [5.41, 5.74) is -0.0518. The van der Waals surface area contributed by atoms with Crippen LogP contribution in [0.15, 0.2) is 18.2 Å². The number of carbonyl (C=O) groups excluding carboxylic acids is 1. The zero-order valence-electron chi connectivity index (χ0n) is 12.5. The van der Waals surface area contributed by atoms with Gasteiger partial charge < -0.3 is 10.1 Å². The Hall–Kier alpha value is -1.70. The number of nitrogens with zero attached hydrogens (tertiary/aromatic N) is 2. The Morgan fingerprint density at radius 1 is 1.52 bits per heavy atom. The minimum absolute atomic E-state index is 0.0641. The van der Waals surface area contributed by atoms with E-state index in [4.69, 9.17) is 16.3 Å². The summed E-state index contributed by atoms with van der Waals surface area (Å²) in [6.45, 7) is 2.93. The molecule has 1 N–H and O–H groups in total. The molecule has 0 aliphatic carbocycles. The van der Waals surface area contributed by atoms with Gasteiger partial charge in [0.15, 0.2) is 0 Å². The second kappa shape index (κ2) is 6.82. The fourth-order valence-corrected chi connectivity index (χ4v) is 3.32. The Kier molecular flexibility index (Phi) is 4.79.